The van der Waals surface area contributed by atoms with Crippen LogP contribution in [0, 0.1) is 11.8 Å². The van der Waals surface area contributed by atoms with Gasteiger partial charge in [-0.25, -0.2) is 0 Å². The minimum atomic E-state index is 0.749. The maximum Gasteiger partial charge on any atom is -0.0168 e. The maximum absolute atomic E-state index is 4.04. The van der Waals surface area contributed by atoms with Crippen molar-refractivity contribution in [1.82, 2.24) is 0 Å². The standard InChI is InChI=1S/C12H20/c1-5-11-8-12(9(2)3)7-6-10(11)4/h6,11-12H,2,5,7-8H2,1,3-4H3/t11-,12-/m1/s1. The van der Waals surface area contributed by atoms with Gasteiger partial charge in [0.2, 0.25) is 0 Å². The van der Waals surface area contributed by atoms with Gasteiger partial charge in [0.05, 0.1) is 0 Å². The Balaban J connectivity index is 2.64. The zero-order valence-electron chi connectivity index (χ0n) is 8.56. The van der Waals surface area contributed by atoms with E-state index in [-0.39, 0.29) is 0 Å². The van der Waals surface area contributed by atoms with Crippen molar-refractivity contribution in [3.63, 3.8) is 0 Å². The molecule has 12 heavy (non-hydrogen) atoms. The molecule has 2 atom stereocenters. The predicted octanol–water partition coefficient (Wildman–Crippen LogP) is 3.95. The summed E-state index contributed by atoms with van der Waals surface area (Å²) >= 11 is 0. The number of hydrogen-bond acceptors (Lipinski definition) is 0. The van der Waals surface area contributed by atoms with E-state index < -0.39 is 0 Å². The monoisotopic (exact) mass is 164 g/mol. The van der Waals surface area contributed by atoms with Crippen LogP contribution in [0.4, 0.5) is 0 Å². The average molecular weight is 164 g/mol. The van der Waals surface area contributed by atoms with Crippen LogP contribution >= 0.6 is 0 Å². The second-order valence-corrected chi connectivity index (χ2v) is 4.07. The molecule has 1 rings (SSSR count). The van der Waals surface area contributed by atoms with Crippen molar-refractivity contribution < 1.29 is 0 Å². The van der Waals surface area contributed by atoms with Crippen molar-refractivity contribution in [2.24, 2.45) is 11.8 Å². The summed E-state index contributed by atoms with van der Waals surface area (Å²) < 4.78 is 0. The van der Waals surface area contributed by atoms with E-state index in [9.17, 15) is 0 Å². The Labute approximate surface area is 76.4 Å². The second kappa shape index (κ2) is 3.93. The lowest BCUT2D eigenvalue weighted by Crippen LogP contribution is -2.14. The normalized spacial score (nSPS) is 29.8. The SMILES string of the molecule is C=C(C)[C@@H]1CC=C(C)[C@H](CC)C1. The van der Waals surface area contributed by atoms with Crippen LogP contribution in [0.5, 0.6) is 0 Å². The third kappa shape index (κ3) is 2.00. The summed E-state index contributed by atoms with van der Waals surface area (Å²) in [6.45, 7) is 10.7. The van der Waals surface area contributed by atoms with Crippen LogP contribution in [0.25, 0.3) is 0 Å². The summed E-state index contributed by atoms with van der Waals surface area (Å²) in [5.74, 6) is 1.57. The van der Waals surface area contributed by atoms with Gasteiger partial charge in [-0.15, -0.1) is 0 Å². The van der Waals surface area contributed by atoms with Crippen LogP contribution in [0.3, 0.4) is 0 Å². The molecular weight excluding hydrogens is 144 g/mol. The molecule has 0 saturated carbocycles. The third-order valence-electron chi connectivity index (χ3n) is 3.13. The highest BCUT2D eigenvalue weighted by molar-refractivity contribution is 5.13. The molecule has 68 valence electrons. The molecule has 0 bridgehead atoms. The van der Waals surface area contributed by atoms with Crippen molar-refractivity contribution in [3.8, 4) is 0 Å². The van der Waals surface area contributed by atoms with Crippen LogP contribution in [0.2, 0.25) is 0 Å². The van der Waals surface area contributed by atoms with Crippen LogP contribution < -0.4 is 0 Å². The topological polar surface area (TPSA) is 0 Å². The number of allylic oxidation sites excluding steroid dienone is 3. The molecule has 0 aromatic rings. The highest BCUT2D eigenvalue weighted by Crippen LogP contribution is 2.34. The molecule has 0 heteroatoms. The Kier molecular flexibility index (Phi) is 3.13. The lowest BCUT2D eigenvalue weighted by molar-refractivity contribution is 0.416. The lowest BCUT2D eigenvalue weighted by atomic mass is 9.78. The first-order valence-corrected chi connectivity index (χ1v) is 4.97. The molecular formula is C12H20. The van der Waals surface area contributed by atoms with E-state index in [1.807, 2.05) is 0 Å². The van der Waals surface area contributed by atoms with Crippen molar-refractivity contribution >= 4 is 0 Å². The van der Waals surface area contributed by atoms with Crippen molar-refractivity contribution in [2.45, 2.75) is 40.0 Å². The van der Waals surface area contributed by atoms with E-state index in [4.69, 9.17) is 0 Å². The summed E-state index contributed by atoms with van der Waals surface area (Å²) in [5.41, 5.74) is 2.95. The molecule has 1 aliphatic carbocycles. The molecule has 0 N–H and O–H groups in total. The van der Waals surface area contributed by atoms with Crippen molar-refractivity contribution in [2.75, 3.05) is 0 Å². The molecule has 0 aliphatic heterocycles. The quantitative estimate of drug-likeness (QED) is 0.542. The molecule has 0 spiro atoms. The lowest BCUT2D eigenvalue weighted by Gasteiger charge is -2.28. The zero-order valence-corrected chi connectivity index (χ0v) is 8.56. The van der Waals surface area contributed by atoms with E-state index in [2.05, 4.69) is 33.4 Å². The maximum atomic E-state index is 4.04. The molecule has 1 aliphatic rings. The Bertz CT molecular complexity index is 198. The van der Waals surface area contributed by atoms with Crippen LogP contribution in [0.15, 0.2) is 23.8 Å². The molecule has 0 nitrogen and oxygen atoms in total. The van der Waals surface area contributed by atoms with Gasteiger partial charge in [-0.3, -0.25) is 0 Å². The third-order valence-corrected chi connectivity index (χ3v) is 3.13. The van der Waals surface area contributed by atoms with Gasteiger partial charge in [-0.05, 0) is 44.9 Å². The fourth-order valence-corrected chi connectivity index (χ4v) is 2.01. The van der Waals surface area contributed by atoms with Gasteiger partial charge in [-0.2, -0.15) is 0 Å². The minimum Gasteiger partial charge on any atom is -0.0998 e. The molecule has 0 heterocycles. The Hall–Kier alpha value is -0.520. The van der Waals surface area contributed by atoms with E-state index in [0.29, 0.717) is 0 Å². The number of hydrogen-bond donors (Lipinski definition) is 0. The summed E-state index contributed by atoms with van der Waals surface area (Å²) in [6.07, 6.45) is 6.23. The zero-order chi connectivity index (χ0) is 9.14. The Morgan fingerprint density at radius 3 is 2.83 bits per heavy atom. The van der Waals surface area contributed by atoms with Gasteiger partial charge in [0.1, 0.15) is 0 Å². The van der Waals surface area contributed by atoms with Gasteiger partial charge in [-0.1, -0.05) is 30.7 Å². The van der Waals surface area contributed by atoms with Crippen LogP contribution in [-0.2, 0) is 0 Å². The summed E-state index contributed by atoms with van der Waals surface area (Å²) in [5, 5.41) is 0. The fourth-order valence-electron chi connectivity index (χ4n) is 2.01. The van der Waals surface area contributed by atoms with E-state index in [1.165, 1.54) is 24.8 Å². The van der Waals surface area contributed by atoms with Gasteiger partial charge in [0.25, 0.3) is 0 Å². The van der Waals surface area contributed by atoms with Crippen molar-refractivity contribution in [3.05, 3.63) is 23.8 Å². The molecule has 0 aromatic heterocycles. The molecule has 0 amide bonds. The second-order valence-electron chi connectivity index (χ2n) is 4.07. The predicted molar refractivity (Wildman–Crippen MR) is 55.1 cm³/mol. The molecule has 0 radical (unpaired) electrons. The van der Waals surface area contributed by atoms with E-state index in [1.54, 1.807) is 5.57 Å². The van der Waals surface area contributed by atoms with Gasteiger partial charge >= 0.3 is 0 Å². The Morgan fingerprint density at radius 1 is 1.67 bits per heavy atom. The highest BCUT2D eigenvalue weighted by Gasteiger charge is 2.20. The van der Waals surface area contributed by atoms with Gasteiger partial charge in [0, 0.05) is 0 Å². The summed E-state index contributed by atoms with van der Waals surface area (Å²) in [6, 6.07) is 0. The molecule has 0 saturated heterocycles. The Morgan fingerprint density at radius 2 is 2.33 bits per heavy atom. The minimum absolute atomic E-state index is 0.749. The first kappa shape index (κ1) is 9.57. The fraction of sp³-hybridized carbons (Fsp3) is 0.667. The van der Waals surface area contributed by atoms with Crippen LogP contribution in [0.1, 0.15) is 40.0 Å². The first-order chi connectivity index (χ1) is 5.65. The molecule has 0 aromatic carbocycles. The van der Waals surface area contributed by atoms with E-state index in [0.717, 1.165) is 11.8 Å². The smallest absolute Gasteiger partial charge is 0.0168 e. The van der Waals surface area contributed by atoms with Crippen molar-refractivity contribution in [1.29, 1.82) is 0 Å². The largest absolute Gasteiger partial charge is 0.0998 e. The summed E-state index contributed by atoms with van der Waals surface area (Å²) in [7, 11) is 0. The molecule has 0 unspecified atom stereocenters. The molecule has 0 fully saturated rings. The summed E-state index contributed by atoms with van der Waals surface area (Å²) in [4.78, 5) is 0. The number of rotatable bonds is 2. The first-order valence-electron chi connectivity index (χ1n) is 4.97. The highest BCUT2D eigenvalue weighted by atomic mass is 14.3. The van der Waals surface area contributed by atoms with Crippen LogP contribution in [-0.4, -0.2) is 0 Å². The van der Waals surface area contributed by atoms with E-state index >= 15 is 0 Å². The van der Waals surface area contributed by atoms with Gasteiger partial charge in [0.15, 0.2) is 0 Å². The average Bonchev–Trinajstić information content (AvgIpc) is 2.05. The van der Waals surface area contributed by atoms with Gasteiger partial charge < -0.3 is 0 Å².